The SMILES string of the molecule is CC(CCl)C(=O)N(C)c1cccc(F)c1. The van der Waals surface area contributed by atoms with Crippen LogP contribution in [0.25, 0.3) is 0 Å². The van der Waals surface area contributed by atoms with E-state index in [1.807, 2.05) is 0 Å². The van der Waals surface area contributed by atoms with Crippen LogP contribution in [0.4, 0.5) is 10.1 Å². The van der Waals surface area contributed by atoms with Crippen molar-refractivity contribution < 1.29 is 9.18 Å². The molecule has 0 radical (unpaired) electrons. The van der Waals surface area contributed by atoms with Gasteiger partial charge in [-0.3, -0.25) is 4.79 Å². The van der Waals surface area contributed by atoms with Crippen LogP contribution in [0.1, 0.15) is 6.92 Å². The lowest BCUT2D eigenvalue weighted by Gasteiger charge is -2.20. The Morgan fingerprint density at radius 2 is 2.27 bits per heavy atom. The van der Waals surface area contributed by atoms with Gasteiger partial charge in [-0.1, -0.05) is 13.0 Å². The molecule has 0 aliphatic carbocycles. The third kappa shape index (κ3) is 2.93. The Kier molecular flexibility index (Phi) is 4.09. The predicted octanol–water partition coefficient (Wildman–Crippen LogP) is 2.66. The molecule has 1 aromatic rings. The second-order valence-electron chi connectivity index (χ2n) is 3.43. The molecule has 0 bridgehead atoms. The molecule has 0 spiro atoms. The zero-order chi connectivity index (χ0) is 11.4. The summed E-state index contributed by atoms with van der Waals surface area (Å²) in [7, 11) is 1.61. The van der Waals surface area contributed by atoms with Crippen LogP contribution in [0.2, 0.25) is 0 Å². The van der Waals surface area contributed by atoms with Crippen molar-refractivity contribution >= 4 is 23.2 Å². The third-order valence-corrected chi connectivity index (χ3v) is 2.64. The molecule has 0 saturated carbocycles. The van der Waals surface area contributed by atoms with Crippen molar-refractivity contribution in [3.63, 3.8) is 0 Å². The third-order valence-electron chi connectivity index (χ3n) is 2.18. The molecule has 0 aliphatic heterocycles. The van der Waals surface area contributed by atoms with Crippen LogP contribution >= 0.6 is 11.6 Å². The smallest absolute Gasteiger partial charge is 0.230 e. The highest BCUT2D eigenvalue weighted by atomic mass is 35.5. The lowest BCUT2D eigenvalue weighted by Crippen LogP contribution is -2.32. The minimum Gasteiger partial charge on any atom is -0.315 e. The van der Waals surface area contributed by atoms with Gasteiger partial charge in [-0.2, -0.15) is 0 Å². The van der Waals surface area contributed by atoms with E-state index in [9.17, 15) is 9.18 Å². The van der Waals surface area contributed by atoms with Crippen LogP contribution in [-0.4, -0.2) is 18.8 Å². The maximum absolute atomic E-state index is 12.9. The summed E-state index contributed by atoms with van der Waals surface area (Å²) in [6, 6.07) is 5.91. The van der Waals surface area contributed by atoms with Crippen LogP contribution in [0.5, 0.6) is 0 Å². The number of hydrogen-bond donors (Lipinski definition) is 0. The summed E-state index contributed by atoms with van der Waals surface area (Å²) in [6.45, 7) is 1.74. The molecule has 1 atom stereocenters. The molecule has 82 valence electrons. The maximum atomic E-state index is 12.9. The average Bonchev–Trinajstić information content (AvgIpc) is 2.26. The maximum Gasteiger partial charge on any atom is 0.230 e. The first kappa shape index (κ1) is 12.0. The lowest BCUT2D eigenvalue weighted by molar-refractivity contribution is -0.121. The summed E-state index contributed by atoms with van der Waals surface area (Å²) in [5.41, 5.74) is 0.539. The molecule has 1 amide bonds. The largest absolute Gasteiger partial charge is 0.315 e. The number of amides is 1. The molecule has 0 N–H and O–H groups in total. The highest BCUT2D eigenvalue weighted by molar-refractivity contribution is 6.19. The van der Waals surface area contributed by atoms with E-state index < -0.39 is 0 Å². The summed E-state index contributed by atoms with van der Waals surface area (Å²) in [6.07, 6.45) is 0. The van der Waals surface area contributed by atoms with Crippen molar-refractivity contribution in [1.82, 2.24) is 0 Å². The van der Waals surface area contributed by atoms with Crippen LogP contribution in [-0.2, 0) is 4.79 Å². The molecule has 0 fully saturated rings. The second kappa shape index (κ2) is 5.12. The minimum atomic E-state index is -0.356. The van der Waals surface area contributed by atoms with Crippen molar-refractivity contribution in [2.45, 2.75) is 6.92 Å². The van der Waals surface area contributed by atoms with E-state index in [1.165, 1.54) is 17.0 Å². The quantitative estimate of drug-likeness (QED) is 0.730. The summed E-state index contributed by atoms with van der Waals surface area (Å²) in [5.74, 6) is -0.473. The van der Waals surface area contributed by atoms with E-state index in [0.717, 1.165) is 0 Å². The van der Waals surface area contributed by atoms with E-state index in [0.29, 0.717) is 5.69 Å². The number of carbonyl (C=O) groups excluding carboxylic acids is 1. The molecule has 1 unspecified atom stereocenters. The van der Waals surface area contributed by atoms with Gasteiger partial charge in [-0.15, -0.1) is 11.6 Å². The number of nitrogens with zero attached hydrogens (tertiary/aromatic N) is 1. The van der Waals surface area contributed by atoms with Crippen molar-refractivity contribution in [2.75, 3.05) is 17.8 Å². The molecule has 15 heavy (non-hydrogen) atoms. The Balaban J connectivity index is 2.85. The number of hydrogen-bond acceptors (Lipinski definition) is 1. The topological polar surface area (TPSA) is 20.3 Å². The van der Waals surface area contributed by atoms with Gasteiger partial charge in [0.2, 0.25) is 5.91 Å². The zero-order valence-corrected chi connectivity index (χ0v) is 9.46. The molecule has 0 aromatic heterocycles. The first-order valence-corrected chi connectivity index (χ1v) is 5.18. The normalized spacial score (nSPS) is 12.3. The predicted molar refractivity (Wildman–Crippen MR) is 59.7 cm³/mol. The highest BCUT2D eigenvalue weighted by Gasteiger charge is 2.17. The monoisotopic (exact) mass is 229 g/mol. The van der Waals surface area contributed by atoms with Crippen molar-refractivity contribution in [1.29, 1.82) is 0 Å². The first-order chi connectivity index (χ1) is 7.06. The molecule has 0 aliphatic rings. The summed E-state index contributed by atoms with van der Waals surface area (Å²) >= 11 is 5.59. The molecule has 0 heterocycles. The summed E-state index contributed by atoms with van der Waals surface area (Å²) in [5, 5.41) is 0. The second-order valence-corrected chi connectivity index (χ2v) is 3.74. The number of carbonyl (C=O) groups is 1. The summed E-state index contributed by atoms with van der Waals surface area (Å²) in [4.78, 5) is 13.1. The zero-order valence-electron chi connectivity index (χ0n) is 8.71. The number of rotatable bonds is 3. The Hall–Kier alpha value is -1.09. The van der Waals surface area contributed by atoms with Gasteiger partial charge in [-0.05, 0) is 18.2 Å². The van der Waals surface area contributed by atoms with Gasteiger partial charge in [0.05, 0.1) is 0 Å². The number of anilines is 1. The Labute approximate surface area is 93.6 Å². The van der Waals surface area contributed by atoms with Gasteiger partial charge in [0.25, 0.3) is 0 Å². The van der Waals surface area contributed by atoms with Crippen LogP contribution in [0.3, 0.4) is 0 Å². The van der Waals surface area contributed by atoms with E-state index in [2.05, 4.69) is 0 Å². The minimum absolute atomic E-state index is 0.115. The van der Waals surface area contributed by atoms with Crippen LogP contribution < -0.4 is 4.90 Å². The van der Waals surface area contributed by atoms with Gasteiger partial charge >= 0.3 is 0 Å². The van der Waals surface area contributed by atoms with Crippen molar-refractivity contribution in [3.05, 3.63) is 30.1 Å². The fourth-order valence-corrected chi connectivity index (χ4v) is 1.34. The molecule has 0 saturated heterocycles. The van der Waals surface area contributed by atoms with Crippen molar-refractivity contribution in [2.24, 2.45) is 5.92 Å². The van der Waals surface area contributed by atoms with E-state index >= 15 is 0 Å². The van der Waals surface area contributed by atoms with Gasteiger partial charge in [0.15, 0.2) is 0 Å². The fourth-order valence-electron chi connectivity index (χ4n) is 1.21. The van der Waals surface area contributed by atoms with E-state index in [-0.39, 0.29) is 23.5 Å². The van der Waals surface area contributed by atoms with Gasteiger partial charge in [0.1, 0.15) is 5.82 Å². The van der Waals surface area contributed by atoms with Crippen molar-refractivity contribution in [3.8, 4) is 0 Å². The lowest BCUT2D eigenvalue weighted by atomic mass is 10.2. The number of halogens is 2. The molecule has 4 heteroatoms. The molecular weight excluding hydrogens is 217 g/mol. The molecular formula is C11H13ClFNO. The summed E-state index contributed by atoms with van der Waals surface area (Å²) < 4.78 is 12.9. The average molecular weight is 230 g/mol. The Morgan fingerprint density at radius 1 is 1.60 bits per heavy atom. The fraction of sp³-hybridized carbons (Fsp3) is 0.364. The number of benzene rings is 1. The van der Waals surface area contributed by atoms with E-state index in [1.54, 1.807) is 26.1 Å². The Bertz CT molecular complexity index is 356. The van der Waals surface area contributed by atoms with Crippen LogP contribution in [0, 0.1) is 11.7 Å². The van der Waals surface area contributed by atoms with Gasteiger partial charge < -0.3 is 4.90 Å². The van der Waals surface area contributed by atoms with Crippen LogP contribution in [0.15, 0.2) is 24.3 Å². The van der Waals surface area contributed by atoms with Gasteiger partial charge in [-0.25, -0.2) is 4.39 Å². The molecule has 1 aromatic carbocycles. The number of alkyl halides is 1. The molecule has 2 nitrogen and oxygen atoms in total. The van der Waals surface area contributed by atoms with E-state index in [4.69, 9.17) is 11.6 Å². The highest BCUT2D eigenvalue weighted by Crippen LogP contribution is 2.16. The standard InChI is InChI=1S/C11H13ClFNO/c1-8(7-12)11(15)14(2)10-5-3-4-9(13)6-10/h3-6,8H,7H2,1-2H3. The molecule has 1 rings (SSSR count). The van der Waals surface area contributed by atoms with Gasteiger partial charge in [0, 0.05) is 24.5 Å². The Morgan fingerprint density at radius 3 is 2.80 bits per heavy atom. The first-order valence-electron chi connectivity index (χ1n) is 4.65.